The van der Waals surface area contributed by atoms with Crippen LogP contribution in [0.3, 0.4) is 0 Å². The van der Waals surface area contributed by atoms with Crippen LogP contribution in [0.15, 0.2) is 48.5 Å². The molecule has 5 nitrogen and oxygen atoms in total. The van der Waals surface area contributed by atoms with Gasteiger partial charge in [-0.3, -0.25) is 9.59 Å². The summed E-state index contributed by atoms with van der Waals surface area (Å²) < 4.78 is 5.81. The van der Waals surface area contributed by atoms with Crippen molar-refractivity contribution in [2.75, 3.05) is 26.7 Å². The molecule has 0 aliphatic carbocycles. The molecule has 1 aliphatic heterocycles. The monoisotopic (exact) mass is 408 g/mol. The minimum absolute atomic E-state index is 0.00905. The van der Waals surface area contributed by atoms with Crippen molar-refractivity contribution in [1.29, 1.82) is 0 Å². The summed E-state index contributed by atoms with van der Waals surface area (Å²) in [5.74, 6) is 1.09. The molecule has 1 aliphatic rings. The lowest BCUT2D eigenvalue weighted by Crippen LogP contribution is -2.41. The third-order valence-electron chi connectivity index (χ3n) is 5.63. The van der Waals surface area contributed by atoms with Gasteiger partial charge >= 0.3 is 0 Å². The molecule has 3 rings (SSSR count). The largest absolute Gasteiger partial charge is 0.484 e. The highest BCUT2D eigenvalue weighted by Crippen LogP contribution is 2.37. The van der Waals surface area contributed by atoms with Gasteiger partial charge in [0.15, 0.2) is 6.61 Å². The second-order valence-electron chi connectivity index (χ2n) is 8.31. The molecule has 2 amide bonds. The maximum absolute atomic E-state index is 13.1. The van der Waals surface area contributed by atoms with Gasteiger partial charge in [-0.05, 0) is 48.1 Å². The molecule has 0 unspecified atom stereocenters. The van der Waals surface area contributed by atoms with Gasteiger partial charge in [0.2, 0.25) is 5.91 Å². The van der Waals surface area contributed by atoms with Gasteiger partial charge in [0.05, 0.1) is 6.04 Å². The fraction of sp³-hybridized carbons (Fsp3) is 0.440. The van der Waals surface area contributed by atoms with Gasteiger partial charge < -0.3 is 14.5 Å². The van der Waals surface area contributed by atoms with E-state index in [1.165, 1.54) is 5.56 Å². The zero-order valence-corrected chi connectivity index (χ0v) is 18.4. The summed E-state index contributed by atoms with van der Waals surface area (Å²) in [5, 5.41) is 0. The number of amides is 2. The number of hydrogen-bond donors (Lipinski definition) is 0. The number of hydrogen-bond acceptors (Lipinski definition) is 3. The Hall–Kier alpha value is -2.82. The van der Waals surface area contributed by atoms with Crippen molar-refractivity contribution >= 4 is 11.8 Å². The Morgan fingerprint density at radius 3 is 2.57 bits per heavy atom. The normalized spacial score (nSPS) is 15.6. The van der Waals surface area contributed by atoms with Gasteiger partial charge in [-0.1, -0.05) is 50.2 Å². The van der Waals surface area contributed by atoms with E-state index in [4.69, 9.17) is 4.74 Å². The minimum atomic E-state index is -0.140. The fourth-order valence-corrected chi connectivity index (χ4v) is 3.84. The highest BCUT2D eigenvalue weighted by Gasteiger charge is 2.32. The first-order valence-corrected chi connectivity index (χ1v) is 10.7. The average Bonchev–Trinajstić information content (AvgIpc) is 2.75. The third-order valence-corrected chi connectivity index (χ3v) is 5.63. The second kappa shape index (κ2) is 9.79. The number of rotatable bonds is 7. The molecule has 0 saturated heterocycles. The minimum Gasteiger partial charge on any atom is -0.484 e. The molecule has 1 heterocycles. The molecule has 2 aromatic carbocycles. The lowest BCUT2D eigenvalue weighted by atomic mass is 9.87. The van der Waals surface area contributed by atoms with Gasteiger partial charge in [-0.2, -0.15) is 0 Å². The van der Waals surface area contributed by atoms with Crippen LogP contribution in [-0.4, -0.2) is 48.4 Å². The topological polar surface area (TPSA) is 49.9 Å². The molecule has 0 N–H and O–H groups in total. The van der Waals surface area contributed by atoms with Crippen LogP contribution in [0.5, 0.6) is 5.75 Å². The van der Waals surface area contributed by atoms with E-state index in [0.717, 1.165) is 17.5 Å². The third kappa shape index (κ3) is 5.02. The summed E-state index contributed by atoms with van der Waals surface area (Å²) in [5.41, 5.74) is 3.40. The molecule has 0 bridgehead atoms. The Morgan fingerprint density at radius 1 is 1.17 bits per heavy atom. The summed E-state index contributed by atoms with van der Waals surface area (Å²) in [6.07, 6.45) is 1.35. The van der Waals surface area contributed by atoms with Crippen LogP contribution in [0.2, 0.25) is 0 Å². The van der Waals surface area contributed by atoms with Crippen molar-refractivity contribution in [2.24, 2.45) is 5.92 Å². The van der Waals surface area contributed by atoms with Crippen LogP contribution < -0.4 is 4.74 Å². The Morgan fingerprint density at radius 2 is 1.90 bits per heavy atom. The highest BCUT2D eigenvalue weighted by molar-refractivity contribution is 5.78. The number of carbonyl (C=O) groups excluding carboxylic acids is 2. The number of likely N-dealkylation sites (N-methyl/N-ethyl adjacent to an activating group) is 1. The van der Waals surface area contributed by atoms with E-state index in [1.807, 2.05) is 42.2 Å². The van der Waals surface area contributed by atoms with Crippen LogP contribution in [0.4, 0.5) is 0 Å². The van der Waals surface area contributed by atoms with E-state index in [0.29, 0.717) is 31.2 Å². The Kier molecular flexibility index (Phi) is 7.14. The predicted octanol–water partition coefficient (Wildman–Crippen LogP) is 4.06. The van der Waals surface area contributed by atoms with E-state index in [2.05, 4.69) is 32.0 Å². The molecule has 0 radical (unpaired) electrons. The number of nitrogens with zero attached hydrogens (tertiary/aromatic N) is 2. The van der Waals surface area contributed by atoms with Crippen molar-refractivity contribution in [3.63, 3.8) is 0 Å². The average molecular weight is 409 g/mol. The van der Waals surface area contributed by atoms with E-state index < -0.39 is 0 Å². The van der Waals surface area contributed by atoms with Crippen molar-refractivity contribution < 1.29 is 14.3 Å². The fourth-order valence-electron chi connectivity index (χ4n) is 3.84. The number of fused-ring (bicyclic) bond motifs is 1. The highest BCUT2D eigenvalue weighted by atomic mass is 16.5. The van der Waals surface area contributed by atoms with Gasteiger partial charge in [0.1, 0.15) is 5.75 Å². The van der Waals surface area contributed by atoms with Crippen LogP contribution >= 0.6 is 0 Å². The summed E-state index contributed by atoms with van der Waals surface area (Å²) >= 11 is 0. The number of carbonyl (C=O) groups is 2. The van der Waals surface area contributed by atoms with Gasteiger partial charge in [-0.25, -0.2) is 0 Å². The number of benzene rings is 2. The molecule has 30 heavy (non-hydrogen) atoms. The van der Waals surface area contributed by atoms with Gasteiger partial charge in [0.25, 0.3) is 5.91 Å². The van der Waals surface area contributed by atoms with E-state index >= 15 is 0 Å². The molecule has 2 aromatic rings. The van der Waals surface area contributed by atoms with Crippen molar-refractivity contribution in [3.05, 3.63) is 65.2 Å². The summed E-state index contributed by atoms with van der Waals surface area (Å²) in [4.78, 5) is 28.8. The van der Waals surface area contributed by atoms with Crippen molar-refractivity contribution in [1.82, 2.24) is 9.80 Å². The Labute approximate surface area is 179 Å². The Bertz CT molecular complexity index is 879. The van der Waals surface area contributed by atoms with Crippen molar-refractivity contribution in [2.45, 2.75) is 39.7 Å². The maximum Gasteiger partial charge on any atom is 0.260 e. The maximum atomic E-state index is 13.1. The summed E-state index contributed by atoms with van der Waals surface area (Å²) in [6, 6.07) is 16.0. The first kappa shape index (κ1) is 21.9. The van der Waals surface area contributed by atoms with E-state index in [-0.39, 0.29) is 24.5 Å². The molecule has 160 valence electrons. The molecular weight excluding hydrogens is 376 g/mol. The van der Waals surface area contributed by atoms with Crippen molar-refractivity contribution in [3.8, 4) is 5.75 Å². The van der Waals surface area contributed by atoms with E-state index in [9.17, 15) is 9.59 Å². The smallest absolute Gasteiger partial charge is 0.260 e. The zero-order valence-electron chi connectivity index (χ0n) is 18.4. The van der Waals surface area contributed by atoms with Crippen LogP contribution in [0.1, 0.15) is 49.9 Å². The molecule has 5 heteroatoms. The van der Waals surface area contributed by atoms with Crippen LogP contribution in [-0.2, 0) is 16.0 Å². The summed E-state index contributed by atoms with van der Waals surface area (Å²) in [6.45, 7) is 7.44. The molecule has 1 atom stereocenters. The first-order chi connectivity index (χ1) is 14.4. The van der Waals surface area contributed by atoms with Gasteiger partial charge in [0, 0.05) is 26.6 Å². The first-order valence-electron chi connectivity index (χ1n) is 10.7. The molecule has 0 saturated carbocycles. The van der Waals surface area contributed by atoms with E-state index in [1.54, 1.807) is 11.9 Å². The van der Waals surface area contributed by atoms with Crippen LogP contribution in [0.25, 0.3) is 0 Å². The molecular formula is C25H32N2O3. The zero-order chi connectivity index (χ0) is 21.7. The second-order valence-corrected chi connectivity index (χ2v) is 8.31. The van der Waals surface area contributed by atoms with Crippen LogP contribution in [0, 0.1) is 5.92 Å². The standard InChI is InChI=1S/C25H32N2O3/c1-5-26(4)24(29)17-30-21-12-11-19-13-14-27(23(28)15-18(2)3)25(22(19)16-21)20-9-7-6-8-10-20/h6-12,16,18,25H,5,13-15,17H2,1-4H3/t25-/m1/s1. The molecule has 0 aromatic heterocycles. The summed E-state index contributed by atoms with van der Waals surface area (Å²) in [7, 11) is 1.77. The lowest BCUT2D eigenvalue weighted by molar-refractivity contribution is -0.134. The quantitative estimate of drug-likeness (QED) is 0.694. The number of ether oxygens (including phenoxy) is 1. The predicted molar refractivity (Wildman–Crippen MR) is 118 cm³/mol. The SMILES string of the molecule is CCN(C)C(=O)COc1ccc2c(c1)[C@@H](c1ccccc1)N(C(=O)CC(C)C)CC2. The van der Waals surface area contributed by atoms with Gasteiger partial charge in [-0.15, -0.1) is 0 Å². The lowest BCUT2D eigenvalue weighted by Gasteiger charge is -2.38. The molecule has 0 spiro atoms. The molecule has 0 fully saturated rings. The Balaban J connectivity index is 1.92.